The Morgan fingerprint density at radius 2 is 1.91 bits per heavy atom. The first kappa shape index (κ1) is 15.3. The van der Waals surface area contributed by atoms with Crippen molar-refractivity contribution in [2.75, 3.05) is 6.26 Å². The van der Waals surface area contributed by atoms with Crippen molar-refractivity contribution in [1.29, 1.82) is 0 Å². The zero-order valence-corrected chi connectivity index (χ0v) is 14.0. The smallest absolute Gasteiger partial charge is 0.267 e. The van der Waals surface area contributed by atoms with Crippen LogP contribution in [-0.4, -0.2) is 26.0 Å². The van der Waals surface area contributed by atoms with E-state index in [2.05, 4.69) is 15.1 Å². The van der Waals surface area contributed by atoms with Gasteiger partial charge in [0.2, 0.25) is 0 Å². The molecule has 2 heterocycles. The first-order valence-electron chi connectivity index (χ1n) is 6.28. The molecule has 0 N–H and O–H groups in total. The summed E-state index contributed by atoms with van der Waals surface area (Å²) in [6.07, 6.45) is 3.38. The second-order valence-electron chi connectivity index (χ2n) is 4.49. The van der Waals surface area contributed by atoms with Gasteiger partial charge in [-0.2, -0.15) is 9.78 Å². The Balaban J connectivity index is 2.38. The standard InChI is InChI=1S/C14H10Cl2N4OS/c1-7-11-8(6-17-14(18-11)22-2)13(21)20(19-7)12-9(15)4-3-5-10(12)16/h3-6H,1-2H3. The maximum atomic E-state index is 12.7. The number of halogens is 2. The first-order valence-corrected chi connectivity index (χ1v) is 8.26. The van der Waals surface area contributed by atoms with E-state index in [1.807, 2.05) is 6.26 Å². The van der Waals surface area contributed by atoms with Crippen LogP contribution in [-0.2, 0) is 0 Å². The fraction of sp³-hybridized carbons (Fsp3) is 0.143. The molecule has 3 aromatic rings. The summed E-state index contributed by atoms with van der Waals surface area (Å²) in [7, 11) is 0. The minimum Gasteiger partial charge on any atom is -0.267 e. The Hall–Kier alpha value is -1.63. The summed E-state index contributed by atoms with van der Waals surface area (Å²) in [5, 5.41) is 5.97. The van der Waals surface area contributed by atoms with Gasteiger partial charge in [0.15, 0.2) is 5.16 Å². The molecule has 0 aliphatic heterocycles. The average Bonchev–Trinajstić information content (AvgIpc) is 2.51. The van der Waals surface area contributed by atoms with Crippen LogP contribution in [0.15, 0.2) is 34.3 Å². The van der Waals surface area contributed by atoms with Gasteiger partial charge in [0, 0.05) is 6.20 Å². The highest BCUT2D eigenvalue weighted by molar-refractivity contribution is 7.98. The monoisotopic (exact) mass is 352 g/mol. The number of nitrogens with zero attached hydrogens (tertiary/aromatic N) is 4. The Morgan fingerprint density at radius 1 is 1.23 bits per heavy atom. The van der Waals surface area contributed by atoms with Crippen LogP contribution < -0.4 is 5.56 Å². The summed E-state index contributed by atoms with van der Waals surface area (Å²) in [5.74, 6) is 0. The molecule has 0 radical (unpaired) electrons. The second-order valence-corrected chi connectivity index (χ2v) is 6.08. The van der Waals surface area contributed by atoms with Crippen LogP contribution in [0.1, 0.15) is 5.69 Å². The number of fused-ring (bicyclic) bond motifs is 1. The number of aromatic nitrogens is 4. The molecule has 5 nitrogen and oxygen atoms in total. The van der Waals surface area contributed by atoms with Gasteiger partial charge in [0.25, 0.3) is 5.56 Å². The lowest BCUT2D eigenvalue weighted by Crippen LogP contribution is -2.23. The Bertz CT molecular complexity index is 922. The second kappa shape index (κ2) is 5.87. The van der Waals surface area contributed by atoms with Crippen molar-refractivity contribution in [3.05, 3.63) is 50.5 Å². The maximum absolute atomic E-state index is 12.7. The van der Waals surface area contributed by atoms with Crippen molar-refractivity contribution < 1.29 is 0 Å². The predicted octanol–water partition coefficient (Wildman–Crippen LogP) is 3.51. The van der Waals surface area contributed by atoms with E-state index in [0.717, 1.165) is 0 Å². The van der Waals surface area contributed by atoms with Crippen molar-refractivity contribution in [1.82, 2.24) is 19.7 Å². The fourth-order valence-corrected chi connectivity index (χ4v) is 2.99. The van der Waals surface area contributed by atoms with Gasteiger partial charge in [-0.15, -0.1) is 0 Å². The van der Waals surface area contributed by atoms with Crippen LogP contribution in [0.5, 0.6) is 0 Å². The average molecular weight is 353 g/mol. The molecule has 0 saturated carbocycles. The highest BCUT2D eigenvalue weighted by Crippen LogP contribution is 2.27. The van der Waals surface area contributed by atoms with Crippen LogP contribution >= 0.6 is 35.0 Å². The third kappa shape index (κ3) is 2.47. The highest BCUT2D eigenvalue weighted by Gasteiger charge is 2.16. The number of para-hydroxylation sites is 1. The predicted molar refractivity (Wildman–Crippen MR) is 89.5 cm³/mol. The Kier molecular flexibility index (Phi) is 4.08. The summed E-state index contributed by atoms with van der Waals surface area (Å²) in [4.78, 5) is 21.2. The van der Waals surface area contributed by atoms with E-state index in [1.165, 1.54) is 22.6 Å². The number of thioether (sulfide) groups is 1. The van der Waals surface area contributed by atoms with Crippen LogP contribution in [0, 0.1) is 6.92 Å². The minimum atomic E-state index is -0.358. The molecular formula is C14H10Cl2N4OS. The molecule has 0 aliphatic carbocycles. The lowest BCUT2D eigenvalue weighted by Gasteiger charge is -2.11. The van der Waals surface area contributed by atoms with Crippen molar-refractivity contribution >= 4 is 45.9 Å². The summed E-state index contributed by atoms with van der Waals surface area (Å²) < 4.78 is 1.20. The Labute approximate surface area is 140 Å². The topological polar surface area (TPSA) is 60.7 Å². The van der Waals surface area contributed by atoms with Gasteiger partial charge in [-0.25, -0.2) is 9.97 Å². The van der Waals surface area contributed by atoms with Gasteiger partial charge in [-0.05, 0) is 25.3 Å². The molecule has 0 saturated heterocycles. The number of rotatable bonds is 2. The van der Waals surface area contributed by atoms with Crippen LogP contribution in [0.3, 0.4) is 0 Å². The van der Waals surface area contributed by atoms with E-state index >= 15 is 0 Å². The molecule has 0 unspecified atom stereocenters. The van der Waals surface area contributed by atoms with Gasteiger partial charge >= 0.3 is 0 Å². The number of benzene rings is 1. The van der Waals surface area contributed by atoms with Crippen molar-refractivity contribution in [2.45, 2.75) is 12.1 Å². The molecule has 0 spiro atoms. The van der Waals surface area contributed by atoms with Gasteiger partial charge < -0.3 is 0 Å². The van der Waals surface area contributed by atoms with E-state index in [4.69, 9.17) is 23.2 Å². The summed E-state index contributed by atoms with van der Waals surface area (Å²) in [6.45, 7) is 1.78. The zero-order valence-electron chi connectivity index (χ0n) is 11.7. The van der Waals surface area contributed by atoms with E-state index < -0.39 is 0 Å². The fourth-order valence-electron chi connectivity index (χ4n) is 2.10. The van der Waals surface area contributed by atoms with E-state index in [-0.39, 0.29) is 5.56 Å². The molecule has 0 amide bonds. The van der Waals surface area contributed by atoms with Gasteiger partial charge in [0.1, 0.15) is 11.2 Å². The Morgan fingerprint density at radius 3 is 2.55 bits per heavy atom. The van der Waals surface area contributed by atoms with Crippen molar-refractivity contribution in [2.24, 2.45) is 0 Å². The summed E-state index contributed by atoms with van der Waals surface area (Å²) in [5.41, 5.74) is 1.13. The zero-order chi connectivity index (χ0) is 15.9. The molecule has 0 aliphatic rings. The van der Waals surface area contributed by atoms with Crippen LogP contribution in [0.25, 0.3) is 16.6 Å². The van der Waals surface area contributed by atoms with Gasteiger partial charge in [-0.1, -0.05) is 41.0 Å². The molecule has 1 aromatic carbocycles. The molecule has 8 heteroatoms. The summed E-state index contributed by atoms with van der Waals surface area (Å²) >= 11 is 13.7. The molecule has 3 rings (SSSR count). The summed E-state index contributed by atoms with van der Waals surface area (Å²) in [6, 6.07) is 5.02. The molecule has 22 heavy (non-hydrogen) atoms. The SMILES string of the molecule is CSc1ncc2c(=O)n(-c3c(Cl)cccc3Cl)nc(C)c2n1. The van der Waals surface area contributed by atoms with Crippen molar-refractivity contribution in [3.8, 4) is 5.69 Å². The largest absolute Gasteiger partial charge is 0.282 e. The molecule has 0 bridgehead atoms. The number of hydrogen-bond acceptors (Lipinski definition) is 5. The normalized spacial score (nSPS) is 11.1. The first-order chi connectivity index (χ1) is 10.5. The lowest BCUT2D eigenvalue weighted by molar-refractivity contribution is 0.793. The molecule has 0 fully saturated rings. The minimum absolute atomic E-state index is 0.350. The van der Waals surface area contributed by atoms with Crippen LogP contribution in [0.4, 0.5) is 0 Å². The number of hydrogen-bond donors (Lipinski definition) is 0. The molecule has 0 atom stereocenters. The van der Waals surface area contributed by atoms with Crippen molar-refractivity contribution in [3.63, 3.8) is 0 Å². The van der Waals surface area contributed by atoms with E-state index in [9.17, 15) is 4.79 Å². The van der Waals surface area contributed by atoms with Crippen LogP contribution in [0.2, 0.25) is 10.0 Å². The molecule has 112 valence electrons. The highest BCUT2D eigenvalue weighted by atomic mass is 35.5. The van der Waals surface area contributed by atoms with E-state index in [0.29, 0.717) is 37.5 Å². The molecule has 2 aromatic heterocycles. The maximum Gasteiger partial charge on any atom is 0.282 e. The number of aryl methyl sites for hydroxylation is 1. The van der Waals surface area contributed by atoms with Gasteiger partial charge in [0.05, 0.1) is 21.1 Å². The van der Waals surface area contributed by atoms with Gasteiger partial charge in [-0.3, -0.25) is 4.79 Å². The third-order valence-electron chi connectivity index (χ3n) is 3.11. The third-order valence-corrected chi connectivity index (χ3v) is 4.29. The molecular weight excluding hydrogens is 343 g/mol. The lowest BCUT2D eigenvalue weighted by atomic mass is 10.2. The quantitative estimate of drug-likeness (QED) is 0.521. The van der Waals surface area contributed by atoms with E-state index in [1.54, 1.807) is 25.1 Å².